The Hall–Kier alpha value is -0.940. The molecule has 0 bridgehead atoms. The molecule has 0 aliphatic heterocycles. The first-order valence-electron chi connectivity index (χ1n) is 5.94. The topological polar surface area (TPSA) is 51.2 Å². The highest BCUT2D eigenvalue weighted by Crippen LogP contribution is 2.20. The van der Waals surface area contributed by atoms with E-state index in [1.165, 1.54) is 4.88 Å². The molecule has 0 fully saturated rings. The van der Waals surface area contributed by atoms with E-state index in [0.29, 0.717) is 19.1 Å². The summed E-state index contributed by atoms with van der Waals surface area (Å²) in [6, 6.07) is 0.296. The summed E-state index contributed by atoms with van der Waals surface area (Å²) in [5.74, 6) is -0.115. The van der Waals surface area contributed by atoms with Gasteiger partial charge >= 0.3 is 5.97 Å². The predicted molar refractivity (Wildman–Crippen MR) is 69.1 cm³/mol. The third-order valence-electron chi connectivity index (χ3n) is 2.49. The molecule has 4 nitrogen and oxygen atoms in total. The quantitative estimate of drug-likeness (QED) is 0.601. The van der Waals surface area contributed by atoms with Crippen LogP contribution in [-0.4, -0.2) is 24.1 Å². The zero-order chi connectivity index (χ0) is 12.7. The molecular weight excluding hydrogens is 236 g/mol. The largest absolute Gasteiger partial charge is 0.466 e. The van der Waals surface area contributed by atoms with Crippen molar-refractivity contribution >= 4 is 17.3 Å². The SMILES string of the molecule is CCOC(=O)CCCNC(C)c1scnc1C. The molecule has 1 rings (SSSR count). The highest BCUT2D eigenvalue weighted by Gasteiger charge is 2.10. The maximum atomic E-state index is 11.1. The van der Waals surface area contributed by atoms with E-state index in [0.717, 1.165) is 18.7 Å². The number of hydrogen-bond acceptors (Lipinski definition) is 5. The molecule has 0 saturated carbocycles. The minimum absolute atomic E-state index is 0.115. The molecule has 1 heterocycles. The third-order valence-corrected chi connectivity index (χ3v) is 3.60. The first-order valence-corrected chi connectivity index (χ1v) is 6.82. The molecular formula is C12H20N2O2S. The summed E-state index contributed by atoms with van der Waals surface area (Å²) in [6.45, 7) is 7.23. The Morgan fingerprint density at radius 3 is 3.00 bits per heavy atom. The highest BCUT2D eigenvalue weighted by atomic mass is 32.1. The molecule has 5 heteroatoms. The van der Waals surface area contributed by atoms with Crippen molar-refractivity contribution in [1.82, 2.24) is 10.3 Å². The van der Waals surface area contributed by atoms with Gasteiger partial charge in [-0.25, -0.2) is 4.98 Å². The molecule has 1 unspecified atom stereocenters. The van der Waals surface area contributed by atoms with Gasteiger partial charge in [0.15, 0.2) is 0 Å². The van der Waals surface area contributed by atoms with E-state index in [9.17, 15) is 4.79 Å². The molecule has 0 spiro atoms. The summed E-state index contributed by atoms with van der Waals surface area (Å²) in [7, 11) is 0. The second-order valence-electron chi connectivity index (χ2n) is 3.89. The fraction of sp³-hybridized carbons (Fsp3) is 0.667. The Labute approximate surface area is 106 Å². The van der Waals surface area contributed by atoms with Gasteiger partial charge in [0.25, 0.3) is 0 Å². The molecule has 0 saturated heterocycles. The van der Waals surface area contributed by atoms with Crippen LogP contribution in [0.15, 0.2) is 5.51 Å². The average molecular weight is 256 g/mol. The number of ether oxygens (including phenoxy) is 1. The Kier molecular flexibility index (Phi) is 6.15. The van der Waals surface area contributed by atoms with Crippen LogP contribution < -0.4 is 5.32 Å². The van der Waals surface area contributed by atoms with E-state index in [-0.39, 0.29) is 5.97 Å². The summed E-state index contributed by atoms with van der Waals surface area (Å²) in [6.07, 6.45) is 1.29. The van der Waals surface area contributed by atoms with Gasteiger partial charge in [-0.3, -0.25) is 4.79 Å². The van der Waals surface area contributed by atoms with E-state index in [1.54, 1.807) is 11.3 Å². The van der Waals surface area contributed by atoms with Gasteiger partial charge in [0.2, 0.25) is 0 Å². The summed E-state index contributed by atoms with van der Waals surface area (Å²) in [4.78, 5) is 16.6. The molecule has 17 heavy (non-hydrogen) atoms. The normalized spacial score (nSPS) is 12.4. The van der Waals surface area contributed by atoms with Crippen LogP contribution in [-0.2, 0) is 9.53 Å². The fourth-order valence-corrected chi connectivity index (χ4v) is 2.44. The summed E-state index contributed by atoms with van der Waals surface area (Å²) in [5.41, 5.74) is 2.95. The lowest BCUT2D eigenvalue weighted by molar-refractivity contribution is -0.143. The lowest BCUT2D eigenvalue weighted by Crippen LogP contribution is -2.20. The molecule has 0 amide bonds. The zero-order valence-electron chi connectivity index (χ0n) is 10.7. The number of carbonyl (C=O) groups is 1. The Balaban J connectivity index is 2.19. The van der Waals surface area contributed by atoms with E-state index >= 15 is 0 Å². The number of thiazole rings is 1. The second kappa shape index (κ2) is 7.40. The average Bonchev–Trinajstić information content (AvgIpc) is 2.71. The van der Waals surface area contributed by atoms with Gasteiger partial charge in [-0.15, -0.1) is 11.3 Å². The maximum absolute atomic E-state index is 11.1. The van der Waals surface area contributed by atoms with Gasteiger partial charge in [0.05, 0.1) is 17.8 Å². The third kappa shape index (κ3) is 4.83. The van der Waals surface area contributed by atoms with Gasteiger partial charge < -0.3 is 10.1 Å². The second-order valence-corrected chi connectivity index (χ2v) is 4.77. The summed E-state index contributed by atoms with van der Waals surface area (Å²) in [5, 5.41) is 3.39. The summed E-state index contributed by atoms with van der Waals surface area (Å²) < 4.78 is 4.87. The van der Waals surface area contributed by atoms with E-state index < -0.39 is 0 Å². The van der Waals surface area contributed by atoms with Crippen molar-refractivity contribution in [3.63, 3.8) is 0 Å². The molecule has 0 aromatic carbocycles. The van der Waals surface area contributed by atoms with E-state index in [4.69, 9.17) is 4.74 Å². The number of rotatable bonds is 7. The van der Waals surface area contributed by atoms with Crippen LogP contribution in [0.5, 0.6) is 0 Å². The van der Waals surface area contributed by atoms with E-state index in [2.05, 4.69) is 17.2 Å². The number of nitrogens with zero attached hydrogens (tertiary/aromatic N) is 1. The van der Waals surface area contributed by atoms with Gasteiger partial charge in [0.1, 0.15) is 0 Å². The van der Waals surface area contributed by atoms with Gasteiger partial charge in [0, 0.05) is 17.3 Å². The Bertz CT molecular complexity index is 352. The van der Waals surface area contributed by atoms with Crippen molar-refractivity contribution < 1.29 is 9.53 Å². The van der Waals surface area contributed by atoms with Crippen LogP contribution in [0.25, 0.3) is 0 Å². The lowest BCUT2D eigenvalue weighted by atomic mass is 10.2. The van der Waals surface area contributed by atoms with Crippen LogP contribution >= 0.6 is 11.3 Å². The van der Waals surface area contributed by atoms with Crippen LogP contribution in [0.2, 0.25) is 0 Å². The van der Waals surface area contributed by atoms with Crippen LogP contribution in [0, 0.1) is 6.92 Å². The Morgan fingerprint density at radius 2 is 2.41 bits per heavy atom. The summed E-state index contributed by atoms with van der Waals surface area (Å²) >= 11 is 1.66. The van der Waals surface area contributed by atoms with Crippen LogP contribution in [0.1, 0.15) is 43.3 Å². The zero-order valence-corrected chi connectivity index (χ0v) is 11.5. The minimum Gasteiger partial charge on any atom is -0.466 e. The monoisotopic (exact) mass is 256 g/mol. The van der Waals surface area contributed by atoms with Crippen molar-refractivity contribution in [2.24, 2.45) is 0 Å². The Morgan fingerprint density at radius 1 is 1.65 bits per heavy atom. The smallest absolute Gasteiger partial charge is 0.305 e. The molecule has 1 atom stereocenters. The number of aryl methyl sites for hydroxylation is 1. The van der Waals surface area contributed by atoms with Crippen molar-refractivity contribution in [3.05, 3.63) is 16.1 Å². The van der Waals surface area contributed by atoms with Crippen molar-refractivity contribution in [1.29, 1.82) is 0 Å². The molecule has 0 aliphatic rings. The van der Waals surface area contributed by atoms with Crippen molar-refractivity contribution in [2.45, 2.75) is 39.7 Å². The van der Waals surface area contributed by atoms with Gasteiger partial charge in [-0.2, -0.15) is 0 Å². The van der Waals surface area contributed by atoms with Crippen molar-refractivity contribution in [2.75, 3.05) is 13.2 Å². The number of esters is 1. The number of hydrogen-bond donors (Lipinski definition) is 1. The standard InChI is InChI=1S/C12H20N2O2S/c1-4-16-11(15)6-5-7-13-9(2)12-10(3)14-8-17-12/h8-9,13H,4-7H2,1-3H3. The van der Waals surface area contributed by atoms with Crippen LogP contribution in [0.3, 0.4) is 0 Å². The molecule has 96 valence electrons. The van der Waals surface area contributed by atoms with E-state index in [1.807, 2.05) is 19.4 Å². The molecule has 1 N–H and O–H groups in total. The number of nitrogens with one attached hydrogen (secondary N) is 1. The molecule has 1 aromatic rings. The van der Waals surface area contributed by atoms with Gasteiger partial charge in [-0.05, 0) is 33.7 Å². The van der Waals surface area contributed by atoms with Gasteiger partial charge in [-0.1, -0.05) is 0 Å². The van der Waals surface area contributed by atoms with Crippen LogP contribution in [0.4, 0.5) is 0 Å². The number of carbonyl (C=O) groups excluding carboxylic acids is 1. The predicted octanol–water partition coefficient (Wildman–Crippen LogP) is 2.45. The first kappa shape index (κ1) is 14.1. The fourth-order valence-electron chi connectivity index (χ4n) is 1.60. The van der Waals surface area contributed by atoms with Crippen molar-refractivity contribution in [3.8, 4) is 0 Å². The molecule has 0 radical (unpaired) electrons. The molecule has 0 aliphatic carbocycles. The lowest BCUT2D eigenvalue weighted by Gasteiger charge is -2.12. The maximum Gasteiger partial charge on any atom is 0.305 e. The highest BCUT2D eigenvalue weighted by molar-refractivity contribution is 7.09. The first-order chi connectivity index (χ1) is 8.15. The number of aromatic nitrogens is 1. The molecule has 1 aromatic heterocycles. The minimum atomic E-state index is -0.115.